The lowest BCUT2D eigenvalue weighted by molar-refractivity contribution is -0.238. The Morgan fingerprint density at radius 1 is 1.00 bits per heavy atom. The van der Waals surface area contributed by atoms with Crippen molar-refractivity contribution in [1.82, 2.24) is 4.90 Å². The van der Waals surface area contributed by atoms with Gasteiger partial charge in [-0.3, -0.25) is 9.59 Å². The maximum Gasteiger partial charge on any atom is 0.430 e. The van der Waals surface area contributed by atoms with E-state index in [2.05, 4.69) is 0 Å². The molecule has 0 bridgehead atoms. The Hall–Kier alpha value is -2.15. The summed E-state index contributed by atoms with van der Waals surface area (Å²) in [7, 11) is 0. The van der Waals surface area contributed by atoms with Crippen molar-refractivity contribution < 1.29 is 27.9 Å². The third-order valence-electron chi connectivity index (χ3n) is 6.40. The molecule has 2 aliphatic carbocycles. The molecule has 1 atom stereocenters. The van der Waals surface area contributed by atoms with Crippen molar-refractivity contribution in [1.29, 1.82) is 0 Å². The van der Waals surface area contributed by atoms with Gasteiger partial charge in [0, 0.05) is 12.1 Å². The zero-order valence-corrected chi connectivity index (χ0v) is 15.4. The first-order valence-corrected chi connectivity index (χ1v) is 9.60. The van der Waals surface area contributed by atoms with Crippen LogP contribution in [0, 0.1) is 5.41 Å². The highest BCUT2D eigenvalue weighted by Gasteiger charge is 2.70. The number of Topliss-reactive ketones (excluding diaryl/α,β-unsaturated/α-hetero) is 1. The number of nitrogens with zero attached hydrogens (tertiary/aromatic N) is 1. The molecule has 0 saturated heterocycles. The van der Waals surface area contributed by atoms with E-state index < -0.39 is 34.5 Å². The topological polar surface area (TPSA) is 57.6 Å². The SMILES string of the molecule is O=C1CC2(CCCCC2)CC2=C1C(O)(C(F)(F)F)C(=O)N2Cc1ccccc1. The van der Waals surface area contributed by atoms with E-state index in [-0.39, 0.29) is 25.1 Å². The van der Waals surface area contributed by atoms with Crippen LogP contribution in [0.5, 0.6) is 0 Å². The summed E-state index contributed by atoms with van der Waals surface area (Å²) in [5.41, 5.74) is -4.20. The number of amides is 1. The smallest absolute Gasteiger partial charge is 0.368 e. The first-order chi connectivity index (χ1) is 13.2. The number of aliphatic hydroxyl groups is 1. The van der Waals surface area contributed by atoms with Crippen LogP contribution in [-0.2, 0) is 16.1 Å². The van der Waals surface area contributed by atoms with Crippen LogP contribution in [0.15, 0.2) is 41.6 Å². The minimum atomic E-state index is -5.25. The number of hydrogen-bond acceptors (Lipinski definition) is 3. The van der Waals surface area contributed by atoms with Crippen LogP contribution in [0.2, 0.25) is 0 Å². The number of allylic oxidation sites excluding steroid dienone is 1. The first kappa shape index (κ1) is 19.2. The molecule has 7 heteroatoms. The Labute approximate surface area is 161 Å². The average Bonchev–Trinajstić information content (AvgIpc) is 2.85. The van der Waals surface area contributed by atoms with Crippen LogP contribution < -0.4 is 0 Å². The minimum absolute atomic E-state index is 0.0311. The van der Waals surface area contributed by atoms with Crippen LogP contribution >= 0.6 is 0 Å². The summed E-state index contributed by atoms with van der Waals surface area (Å²) in [5, 5.41) is 10.5. The van der Waals surface area contributed by atoms with E-state index in [0.29, 0.717) is 5.56 Å². The molecule has 1 fully saturated rings. The normalized spacial score (nSPS) is 27.5. The molecule has 1 amide bonds. The van der Waals surface area contributed by atoms with Gasteiger partial charge in [0.05, 0.1) is 12.1 Å². The van der Waals surface area contributed by atoms with Crippen LogP contribution in [0.1, 0.15) is 50.5 Å². The van der Waals surface area contributed by atoms with Crippen LogP contribution in [0.25, 0.3) is 0 Å². The number of halogens is 3. The van der Waals surface area contributed by atoms with Gasteiger partial charge in [0.2, 0.25) is 0 Å². The summed E-state index contributed by atoms with van der Waals surface area (Å²) < 4.78 is 41.4. The second-order valence-electron chi connectivity index (χ2n) is 8.24. The highest BCUT2D eigenvalue weighted by Crippen LogP contribution is 2.55. The Bertz CT molecular complexity index is 840. The molecule has 1 spiro atoms. The number of ketones is 1. The fourth-order valence-electron chi connectivity index (χ4n) is 5.01. The van der Waals surface area contributed by atoms with E-state index in [1.165, 1.54) is 0 Å². The number of carbonyl (C=O) groups excluding carboxylic acids is 2. The second-order valence-corrected chi connectivity index (χ2v) is 8.24. The third-order valence-corrected chi connectivity index (χ3v) is 6.40. The van der Waals surface area contributed by atoms with Gasteiger partial charge in [-0.05, 0) is 30.2 Å². The zero-order chi connectivity index (χ0) is 20.2. The van der Waals surface area contributed by atoms with Crippen molar-refractivity contribution in [3.05, 3.63) is 47.2 Å². The maximum atomic E-state index is 13.8. The maximum absolute atomic E-state index is 13.8. The molecule has 3 aliphatic rings. The second kappa shape index (κ2) is 6.44. The fourth-order valence-corrected chi connectivity index (χ4v) is 5.01. The highest BCUT2D eigenvalue weighted by molar-refractivity contribution is 6.11. The number of benzene rings is 1. The summed E-state index contributed by atoms with van der Waals surface area (Å²) >= 11 is 0. The molecule has 28 heavy (non-hydrogen) atoms. The molecule has 4 nitrogen and oxygen atoms in total. The van der Waals surface area contributed by atoms with Crippen LogP contribution in [0.4, 0.5) is 13.2 Å². The lowest BCUT2D eigenvalue weighted by atomic mass is 9.64. The molecule has 1 unspecified atom stereocenters. The summed E-state index contributed by atoms with van der Waals surface area (Å²) in [4.78, 5) is 26.7. The molecule has 0 radical (unpaired) electrons. The van der Waals surface area contributed by atoms with Gasteiger partial charge in [0.1, 0.15) is 0 Å². The Kier molecular flexibility index (Phi) is 4.41. The lowest BCUT2D eigenvalue weighted by Gasteiger charge is -2.41. The van der Waals surface area contributed by atoms with E-state index >= 15 is 0 Å². The van der Waals surface area contributed by atoms with Crippen molar-refractivity contribution >= 4 is 11.7 Å². The molecular formula is C21H22F3NO3. The number of rotatable bonds is 2. The van der Waals surface area contributed by atoms with Crippen molar-refractivity contribution in [2.75, 3.05) is 0 Å². The van der Waals surface area contributed by atoms with E-state index in [9.17, 15) is 27.9 Å². The standard InChI is InChI=1S/C21H22F3NO3/c22-21(23,24)20(28)17-15(11-19(12-16(17)26)9-5-2-6-10-19)25(18(20)27)13-14-7-3-1-4-8-14/h1,3-4,7-8,28H,2,5-6,9-13H2. The van der Waals surface area contributed by atoms with Gasteiger partial charge in [-0.2, -0.15) is 13.2 Å². The molecule has 1 N–H and O–H groups in total. The summed E-state index contributed by atoms with van der Waals surface area (Å²) in [6, 6.07) is 8.65. The van der Waals surface area contributed by atoms with Gasteiger partial charge in [0.25, 0.3) is 11.5 Å². The van der Waals surface area contributed by atoms with Gasteiger partial charge in [-0.15, -0.1) is 0 Å². The van der Waals surface area contributed by atoms with Crippen LogP contribution in [-0.4, -0.2) is 33.5 Å². The van der Waals surface area contributed by atoms with Crippen molar-refractivity contribution in [3.8, 4) is 0 Å². The van der Waals surface area contributed by atoms with Crippen molar-refractivity contribution in [2.45, 2.75) is 63.3 Å². The summed E-state index contributed by atoms with van der Waals surface area (Å²) in [6.07, 6.45) is -0.648. The molecule has 4 rings (SSSR count). The Balaban J connectivity index is 1.81. The van der Waals surface area contributed by atoms with E-state index in [4.69, 9.17) is 0 Å². The number of carbonyl (C=O) groups is 2. The Morgan fingerprint density at radius 3 is 2.25 bits per heavy atom. The van der Waals surface area contributed by atoms with Gasteiger partial charge in [-0.25, -0.2) is 0 Å². The van der Waals surface area contributed by atoms with Gasteiger partial charge >= 0.3 is 6.18 Å². The largest absolute Gasteiger partial charge is 0.430 e. The highest BCUT2D eigenvalue weighted by atomic mass is 19.4. The van der Waals surface area contributed by atoms with E-state index in [1.807, 2.05) is 0 Å². The predicted molar refractivity (Wildman–Crippen MR) is 94.8 cm³/mol. The van der Waals surface area contributed by atoms with E-state index in [0.717, 1.165) is 37.0 Å². The van der Waals surface area contributed by atoms with E-state index in [1.54, 1.807) is 30.3 Å². The Morgan fingerprint density at radius 2 is 1.64 bits per heavy atom. The fraction of sp³-hybridized carbons (Fsp3) is 0.524. The first-order valence-electron chi connectivity index (χ1n) is 9.60. The average molecular weight is 393 g/mol. The molecule has 0 aromatic heterocycles. The van der Waals surface area contributed by atoms with Gasteiger partial charge in [-0.1, -0.05) is 49.6 Å². The lowest BCUT2D eigenvalue weighted by Crippen LogP contribution is -2.55. The quantitative estimate of drug-likeness (QED) is 0.829. The van der Waals surface area contributed by atoms with Crippen molar-refractivity contribution in [2.24, 2.45) is 5.41 Å². The predicted octanol–water partition coefficient (Wildman–Crippen LogP) is 3.89. The molecule has 1 aliphatic heterocycles. The van der Waals surface area contributed by atoms with Gasteiger partial charge < -0.3 is 10.0 Å². The molecule has 1 heterocycles. The zero-order valence-electron chi connectivity index (χ0n) is 15.4. The van der Waals surface area contributed by atoms with Crippen LogP contribution in [0.3, 0.4) is 0 Å². The molecule has 1 aromatic carbocycles. The molecule has 150 valence electrons. The summed E-state index contributed by atoms with van der Waals surface area (Å²) in [5.74, 6) is -2.21. The molecular weight excluding hydrogens is 371 g/mol. The number of hydrogen-bond donors (Lipinski definition) is 1. The third kappa shape index (κ3) is 2.79. The summed E-state index contributed by atoms with van der Waals surface area (Å²) in [6.45, 7) is -0.0970. The van der Waals surface area contributed by atoms with Gasteiger partial charge in [0.15, 0.2) is 5.78 Å². The molecule has 1 saturated carbocycles. The van der Waals surface area contributed by atoms with Crippen molar-refractivity contribution in [3.63, 3.8) is 0 Å². The number of alkyl halides is 3. The minimum Gasteiger partial charge on any atom is -0.368 e. The molecule has 1 aromatic rings. The monoisotopic (exact) mass is 393 g/mol.